The number of carbonyl (C=O) groups is 1. The quantitative estimate of drug-likeness (QED) is 0.578. The first-order valence-electron chi connectivity index (χ1n) is 11.4. The van der Waals surface area contributed by atoms with Crippen LogP contribution in [0, 0.1) is 0 Å². The van der Waals surface area contributed by atoms with Crippen LogP contribution >= 0.6 is 0 Å². The smallest absolute Gasteiger partial charge is 0.322 e. The second kappa shape index (κ2) is 9.64. The van der Waals surface area contributed by atoms with Crippen LogP contribution in [0.25, 0.3) is 10.9 Å². The molecular formula is C25H27N3O6. The van der Waals surface area contributed by atoms with Gasteiger partial charge in [-0.3, -0.25) is 4.79 Å². The molecule has 2 aliphatic heterocycles. The predicted octanol–water partition coefficient (Wildman–Crippen LogP) is 3.52. The van der Waals surface area contributed by atoms with Crippen molar-refractivity contribution in [1.29, 1.82) is 0 Å². The number of benzene rings is 2. The number of pyridine rings is 1. The number of anilines is 1. The molecule has 2 aromatic carbocycles. The minimum Gasteiger partial charge on any atom is -0.495 e. The summed E-state index contributed by atoms with van der Waals surface area (Å²) in [5, 5.41) is 3.72. The van der Waals surface area contributed by atoms with Crippen LogP contribution in [0.15, 0.2) is 47.3 Å². The van der Waals surface area contributed by atoms with Gasteiger partial charge in [-0.2, -0.15) is 0 Å². The number of methoxy groups -OCH3 is 1. The fourth-order valence-corrected chi connectivity index (χ4v) is 4.31. The van der Waals surface area contributed by atoms with E-state index < -0.39 is 0 Å². The van der Waals surface area contributed by atoms with Crippen molar-refractivity contribution in [1.82, 2.24) is 9.88 Å². The summed E-state index contributed by atoms with van der Waals surface area (Å²) < 4.78 is 22.4. The van der Waals surface area contributed by atoms with Gasteiger partial charge in [0.1, 0.15) is 19.0 Å². The predicted molar refractivity (Wildman–Crippen MR) is 127 cm³/mol. The van der Waals surface area contributed by atoms with Crippen LogP contribution in [-0.2, 0) is 11.3 Å². The summed E-state index contributed by atoms with van der Waals surface area (Å²) in [5.74, 6) is 1.81. The van der Waals surface area contributed by atoms with Crippen molar-refractivity contribution in [3.8, 4) is 17.2 Å². The van der Waals surface area contributed by atoms with Crippen LogP contribution in [0.3, 0.4) is 0 Å². The number of nitrogens with zero attached hydrogens (tertiary/aromatic N) is 1. The van der Waals surface area contributed by atoms with E-state index in [9.17, 15) is 9.59 Å². The van der Waals surface area contributed by atoms with Gasteiger partial charge in [0.25, 0.3) is 5.56 Å². The van der Waals surface area contributed by atoms with E-state index in [1.54, 1.807) is 36.3 Å². The third-order valence-electron chi connectivity index (χ3n) is 6.03. The first kappa shape index (κ1) is 22.1. The van der Waals surface area contributed by atoms with Crippen LogP contribution in [0.5, 0.6) is 17.2 Å². The van der Waals surface area contributed by atoms with Gasteiger partial charge in [0.15, 0.2) is 11.5 Å². The molecule has 178 valence electrons. The molecule has 3 heterocycles. The Labute approximate surface area is 196 Å². The van der Waals surface area contributed by atoms with Crippen molar-refractivity contribution in [3.63, 3.8) is 0 Å². The van der Waals surface area contributed by atoms with E-state index in [2.05, 4.69) is 10.3 Å². The molecule has 34 heavy (non-hydrogen) atoms. The molecule has 1 unspecified atom stereocenters. The minimum atomic E-state index is -0.332. The molecule has 1 aromatic heterocycles. The second-order valence-corrected chi connectivity index (χ2v) is 8.35. The van der Waals surface area contributed by atoms with E-state index in [-0.39, 0.29) is 24.2 Å². The number of H-pyrrole nitrogens is 1. The summed E-state index contributed by atoms with van der Waals surface area (Å²) in [6.45, 7) is 2.13. The highest BCUT2D eigenvalue weighted by molar-refractivity contribution is 5.91. The van der Waals surface area contributed by atoms with Crippen LogP contribution in [0.1, 0.15) is 18.4 Å². The largest absolute Gasteiger partial charge is 0.495 e. The standard InChI is InChI=1S/C25H27N3O6/c1-31-21-7-3-2-6-19(21)27-25(30)28(15-18-5-4-8-32-18)14-17-11-16-12-22-23(34-10-9-33-22)13-20(16)26-24(17)29/h2-3,6-7,11-13,18H,4-5,8-10,14-15H2,1H3,(H,26,29)(H,27,30). The van der Waals surface area contributed by atoms with Crippen molar-refractivity contribution >= 4 is 22.6 Å². The van der Waals surface area contributed by atoms with Crippen LogP contribution < -0.4 is 25.1 Å². The third-order valence-corrected chi connectivity index (χ3v) is 6.03. The minimum absolute atomic E-state index is 0.0690. The Morgan fingerprint density at radius 1 is 1.15 bits per heavy atom. The SMILES string of the molecule is COc1ccccc1NC(=O)N(Cc1cc2cc3c(cc2[nH]c1=O)OCCO3)CC1CCCO1. The van der Waals surface area contributed by atoms with Crippen LogP contribution in [0.4, 0.5) is 10.5 Å². The molecular weight excluding hydrogens is 438 g/mol. The molecule has 9 heteroatoms. The molecule has 1 atom stereocenters. The average molecular weight is 466 g/mol. The van der Waals surface area contributed by atoms with Crippen molar-refractivity contribution < 1.29 is 23.7 Å². The number of amides is 2. The number of rotatable bonds is 6. The molecule has 0 aliphatic carbocycles. The first-order valence-corrected chi connectivity index (χ1v) is 11.4. The lowest BCUT2D eigenvalue weighted by Gasteiger charge is -2.26. The van der Waals surface area contributed by atoms with Crippen LogP contribution in [0.2, 0.25) is 0 Å². The fourth-order valence-electron chi connectivity index (χ4n) is 4.31. The first-order chi connectivity index (χ1) is 16.6. The maximum Gasteiger partial charge on any atom is 0.322 e. The third kappa shape index (κ3) is 4.65. The molecule has 2 N–H and O–H groups in total. The molecule has 0 radical (unpaired) electrons. The number of aromatic amines is 1. The van der Waals surface area contributed by atoms with E-state index in [0.717, 1.165) is 18.2 Å². The lowest BCUT2D eigenvalue weighted by Crippen LogP contribution is -2.40. The second-order valence-electron chi connectivity index (χ2n) is 8.35. The molecule has 5 rings (SSSR count). The molecule has 0 bridgehead atoms. The maximum atomic E-state index is 13.3. The highest BCUT2D eigenvalue weighted by atomic mass is 16.6. The van der Waals surface area contributed by atoms with Gasteiger partial charge in [0.2, 0.25) is 0 Å². The Morgan fingerprint density at radius 3 is 2.71 bits per heavy atom. The molecule has 0 saturated carbocycles. The summed E-state index contributed by atoms with van der Waals surface area (Å²) in [6.07, 6.45) is 1.76. The summed E-state index contributed by atoms with van der Waals surface area (Å²) in [6, 6.07) is 12.3. The van der Waals surface area contributed by atoms with Gasteiger partial charge >= 0.3 is 6.03 Å². The van der Waals surface area contributed by atoms with E-state index in [4.69, 9.17) is 18.9 Å². The van der Waals surface area contributed by atoms with E-state index >= 15 is 0 Å². The Hall–Kier alpha value is -3.72. The normalized spacial score (nSPS) is 16.9. The highest BCUT2D eigenvalue weighted by Crippen LogP contribution is 2.33. The van der Waals surface area contributed by atoms with Gasteiger partial charge in [-0.05, 0) is 37.1 Å². The molecule has 1 fully saturated rings. The molecule has 9 nitrogen and oxygen atoms in total. The van der Waals surface area contributed by atoms with Crippen molar-refractivity contribution in [2.24, 2.45) is 0 Å². The Balaban J connectivity index is 1.43. The lowest BCUT2D eigenvalue weighted by atomic mass is 10.1. The number of nitrogens with one attached hydrogen (secondary N) is 2. The van der Waals surface area contributed by atoms with Gasteiger partial charge in [0, 0.05) is 30.2 Å². The number of ether oxygens (including phenoxy) is 4. The highest BCUT2D eigenvalue weighted by Gasteiger charge is 2.25. The molecule has 0 spiro atoms. The topological polar surface area (TPSA) is 102 Å². The molecule has 3 aromatic rings. The Morgan fingerprint density at radius 2 is 1.94 bits per heavy atom. The Bertz CT molecular complexity index is 1250. The van der Waals surface area contributed by atoms with Gasteiger partial charge in [0.05, 0.1) is 31.0 Å². The van der Waals surface area contributed by atoms with Gasteiger partial charge in [-0.15, -0.1) is 0 Å². The van der Waals surface area contributed by atoms with Crippen molar-refractivity contribution in [3.05, 3.63) is 58.4 Å². The average Bonchev–Trinajstić information content (AvgIpc) is 3.36. The van der Waals surface area contributed by atoms with Crippen LogP contribution in [-0.4, -0.2) is 55.5 Å². The molecule has 2 aliphatic rings. The van der Waals surface area contributed by atoms with E-state index in [0.29, 0.717) is 60.4 Å². The van der Waals surface area contributed by atoms with Crippen molar-refractivity contribution in [2.45, 2.75) is 25.5 Å². The van der Waals surface area contributed by atoms with Crippen molar-refractivity contribution in [2.75, 3.05) is 38.8 Å². The number of aromatic nitrogens is 1. The lowest BCUT2D eigenvalue weighted by molar-refractivity contribution is 0.0818. The van der Waals surface area contributed by atoms with Gasteiger partial charge in [-0.1, -0.05) is 12.1 Å². The summed E-state index contributed by atoms with van der Waals surface area (Å²) in [7, 11) is 1.55. The molecule has 1 saturated heterocycles. The number of para-hydroxylation sites is 2. The summed E-state index contributed by atoms with van der Waals surface area (Å²) >= 11 is 0. The number of hydrogen-bond donors (Lipinski definition) is 2. The Kier molecular flexibility index (Phi) is 6.27. The fraction of sp³-hybridized carbons (Fsp3) is 0.360. The maximum absolute atomic E-state index is 13.3. The van der Waals surface area contributed by atoms with E-state index in [1.165, 1.54) is 0 Å². The zero-order valence-corrected chi connectivity index (χ0v) is 19.0. The monoisotopic (exact) mass is 465 g/mol. The van der Waals surface area contributed by atoms with Gasteiger partial charge < -0.3 is 34.1 Å². The summed E-state index contributed by atoms with van der Waals surface area (Å²) in [4.78, 5) is 30.7. The summed E-state index contributed by atoms with van der Waals surface area (Å²) in [5.41, 5.74) is 1.43. The van der Waals surface area contributed by atoms with E-state index in [1.807, 2.05) is 18.2 Å². The number of fused-ring (bicyclic) bond motifs is 2. The number of carbonyl (C=O) groups excluding carboxylic acids is 1. The zero-order valence-electron chi connectivity index (χ0n) is 19.0. The number of urea groups is 1. The van der Waals surface area contributed by atoms with Gasteiger partial charge in [-0.25, -0.2) is 4.79 Å². The molecule has 2 amide bonds. The number of hydrogen-bond acceptors (Lipinski definition) is 6. The zero-order chi connectivity index (χ0) is 23.5.